The molecule has 2 aliphatic heterocycles. The Morgan fingerprint density at radius 1 is 0.967 bits per heavy atom. The number of nitrogens with one attached hydrogen (secondary N) is 1. The van der Waals surface area contributed by atoms with Crippen LogP contribution in [0.4, 0.5) is 14.9 Å². The van der Waals surface area contributed by atoms with E-state index in [0.717, 1.165) is 30.6 Å². The zero-order valence-corrected chi connectivity index (χ0v) is 17.4. The van der Waals surface area contributed by atoms with E-state index in [1.54, 1.807) is 17.0 Å². The van der Waals surface area contributed by atoms with Gasteiger partial charge in [-0.25, -0.2) is 9.18 Å². The van der Waals surface area contributed by atoms with Gasteiger partial charge in [-0.15, -0.1) is 0 Å². The van der Waals surface area contributed by atoms with E-state index in [1.807, 2.05) is 17.0 Å². The molecule has 1 spiro atoms. The minimum atomic E-state index is -0.350. The van der Waals surface area contributed by atoms with Gasteiger partial charge >= 0.3 is 6.03 Å². The molecule has 30 heavy (non-hydrogen) atoms. The van der Waals surface area contributed by atoms with E-state index in [9.17, 15) is 14.0 Å². The Bertz CT molecular complexity index is 903. The summed E-state index contributed by atoms with van der Waals surface area (Å²) >= 11 is 0. The molecule has 2 aromatic carbocycles. The van der Waals surface area contributed by atoms with Gasteiger partial charge in [0, 0.05) is 31.9 Å². The number of hydrogen-bond donors (Lipinski definition) is 1. The van der Waals surface area contributed by atoms with E-state index in [2.05, 4.69) is 24.4 Å². The highest BCUT2D eigenvalue weighted by Gasteiger charge is 2.48. The molecule has 0 aromatic heterocycles. The van der Waals surface area contributed by atoms with Crippen LogP contribution < -0.4 is 10.2 Å². The fourth-order valence-electron chi connectivity index (χ4n) is 4.47. The maximum Gasteiger partial charge on any atom is 0.317 e. The molecule has 2 fully saturated rings. The first kappa shape index (κ1) is 20.4. The average molecular weight is 410 g/mol. The zero-order valence-electron chi connectivity index (χ0n) is 17.4. The predicted octanol–water partition coefficient (Wildman–Crippen LogP) is 4.12. The maximum atomic E-state index is 13.2. The summed E-state index contributed by atoms with van der Waals surface area (Å²) in [6, 6.07) is 14.2. The first-order chi connectivity index (χ1) is 14.5. The van der Waals surface area contributed by atoms with E-state index < -0.39 is 0 Å². The lowest BCUT2D eigenvalue weighted by atomic mass is 9.77. The van der Waals surface area contributed by atoms with Crippen molar-refractivity contribution in [1.29, 1.82) is 0 Å². The van der Waals surface area contributed by atoms with Crippen molar-refractivity contribution in [2.75, 3.05) is 24.5 Å². The van der Waals surface area contributed by atoms with E-state index in [4.69, 9.17) is 0 Å². The van der Waals surface area contributed by atoms with Crippen LogP contribution >= 0.6 is 0 Å². The molecular weight excluding hydrogens is 381 g/mol. The highest BCUT2D eigenvalue weighted by atomic mass is 19.1. The molecule has 2 saturated heterocycles. The summed E-state index contributed by atoms with van der Waals surface area (Å²) in [6.45, 7) is 4.37. The Balaban J connectivity index is 1.32. The zero-order chi connectivity index (χ0) is 21.1. The molecule has 0 unspecified atom stereocenters. The van der Waals surface area contributed by atoms with Crippen molar-refractivity contribution < 1.29 is 14.0 Å². The largest absolute Gasteiger partial charge is 0.334 e. The second-order valence-corrected chi connectivity index (χ2v) is 8.28. The molecule has 0 atom stereocenters. The molecule has 2 aliphatic rings. The van der Waals surface area contributed by atoms with Crippen molar-refractivity contribution in [1.82, 2.24) is 10.2 Å². The van der Waals surface area contributed by atoms with Gasteiger partial charge in [-0.3, -0.25) is 4.79 Å². The third-order valence-electron chi connectivity index (χ3n) is 6.53. The van der Waals surface area contributed by atoms with Crippen LogP contribution in [-0.2, 0) is 17.8 Å². The number of nitrogens with zero attached hydrogens (tertiary/aromatic N) is 2. The summed E-state index contributed by atoms with van der Waals surface area (Å²) in [7, 11) is 0. The average Bonchev–Trinajstić information content (AvgIpc) is 3.09. The number of halogens is 1. The third kappa shape index (κ3) is 4.04. The lowest BCUT2D eigenvalue weighted by molar-refractivity contribution is -0.127. The van der Waals surface area contributed by atoms with Gasteiger partial charge in [0.25, 0.3) is 0 Å². The Morgan fingerprint density at radius 2 is 1.57 bits per heavy atom. The van der Waals surface area contributed by atoms with Crippen LogP contribution in [0.2, 0.25) is 0 Å². The number of anilines is 1. The topological polar surface area (TPSA) is 52.6 Å². The van der Waals surface area contributed by atoms with Gasteiger partial charge < -0.3 is 15.1 Å². The van der Waals surface area contributed by atoms with Crippen molar-refractivity contribution in [2.24, 2.45) is 5.41 Å². The van der Waals surface area contributed by atoms with Crippen LogP contribution in [0.25, 0.3) is 0 Å². The van der Waals surface area contributed by atoms with Crippen LogP contribution in [0.15, 0.2) is 48.5 Å². The lowest BCUT2D eigenvalue weighted by Crippen LogP contribution is -2.49. The standard InChI is InChI=1S/C24H28FN3O2/c1-2-18-5-9-21(10-6-18)28-16-13-24(22(28)29)11-14-27(15-12-24)23(30)26-17-19-3-7-20(25)8-4-19/h3-10H,2,11-17H2,1H3,(H,26,30). The summed E-state index contributed by atoms with van der Waals surface area (Å²) in [5, 5.41) is 2.89. The van der Waals surface area contributed by atoms with E-state index in [1.165, 1.54) is 17.7 Å². The van der Waals surface area contributed by atoms with Crippen molar-refractivity contribution in [3.05, 3.63) is 65.5 Å². The van der Waals surface area contributed by atoms with Crippen LogP contribution in [0, 0.1) is 11.2 Å². The van der Waals surface area contributed by atoms with Crippen LogP contribution in [0.3, 0.4) is 0 Å². The summed E-state index contributed by atoms with van der Waals surface area (Å²) in [4.78, 5) is 29.4. The van der Waals surface area contributed by atoms with Gasteiger partial charge in [0.2, 0.25) is 5.91 Å². The second-order valence-electron chi connectivity index (χ2n) is 8.28. The highest BCUT2D eigenvalue weighted by molar-refractivity contribution is 6.00. The fourth-order valence-corrected chi connectivity index (χ4v) is 4.47. The molecule has 0 saturated carbocycles. The normalized spacial score (nSPS) is 18.1. The van der Waals surface area contributed by atoms with Gasteiger partial charge in [0.05, 0.1) is 5.41 Å². The molecule has 0 bridgehead atoms. The number of rotatable bonds is 4. The number of hydrogen-bond acceptors (Lipinski definition) is 2. The smallest absolute Gasteiger partial charge is 0.317 e. The Kier molecular flexibility index (Phi) is 5.75. The van der Waals surface area contributed by atoms with E-state index in [0.29, 0.717) is 32.5 Å². The van der Waals surface area contributed by atoms with Gasteiger partial charge in [-0.1, -0.05) is 31.2 Å². The molecule has 3 amide bonds. The summed E-state index contributed by atoms with van der Waals surface area (Å²) < 4.78 is 13.0. The molecule has 0 radical (unpaired) electrons. The Hall–Kier alpha value is -2.89. The van der Waals surface area contributed by atoms with Gasteiger partial charge in [-0.2, -0.15) is 0 Å². The molecule has 2 heterocycles. The number of piperidine rings is 1. The SMILES string of the molecule is CCc1ccc(N2CCC3(CCN(C(=O)NCc4ccc(F)cc4)CC3)C2=O)cc1. The molecular formula is C24H28FN3O2. The van der Waals surface area contributed by atoms with Crippen LogP contribution in [0.5, 0.6) is 0 Å². The molecule has 6 heteroatoms. The van der Waals surface area contributed by atoms with E-state index >= 15 is 0 Å². The first-order valence-electron chi connectivity index (χ1n) is 10.7. The van der Waals surface area contributed by atoms with Gasteiger partial charge in [0.1, 0.15) is 5.82 Å². The molecule has 158 valence electrons. The van der Waals surface area contributed by atoms with Gasteiger partial charge in [0.15, 0.2) is 0 Å². The van der Waals surface area contributed by atoms with Gasteiger partial charge in [-0.05, 0) is 61.1 Å². The lowest BCUT2D eigenvalue weighted by Gasteiger charge is -2.37. The molecule has 5 nitrogen and oxygen atoms in total. The number of benzene rings is 2. The summed E-state index contributed by atoms with van der Waals surface area (Å²) in [5.74, 6) is -0.0962. The number of amides is 3. The minimum absolute atomic E-state index is 0.133. The Labute approximate surface area is 176 Å². The van der Waals surface area contributed by atoms with Crippen LogP contribution in [0.1, 0.15) is 37.3 Å². The molecule has 1 N–H and O–H groups in total. The first-order valence-corrected chi connectivity index (χ1v) is 10.7. The minimum Gasteiger partial charge on any atom is -0.334 e. The second kappa shape index (κ2) is 8.46. The number of carbonyl (C=O) groups is 2. The Morgan fingerprint density at radius 3 is 2.20 bits per heavy atom. The number of likely N-dealkylation sites (tertiary alicyclic amines) is 1. The van der Waals surface area contributed by atoms with Crippen molar-refractivity contribution in [3.8, 4) is 0 Å². The van der Waals surface area contributed by atoms with Crippen molar-refractivity contribution in [3.63, 3.8) is 0 Å². The summed E-state index contributed by atoms with van der Waals surface area (Å²) in [6.07, 6.45) is 3.21. The quantitative estimate of drug-likeness (QED) is 0.826. The third-order valence-corrected chi connectivity index (χ3v) is 6.53. The molecule has 4 rings (SSSR count). The predicted molar refractivity (Wildman–Crippen MR) is 115 cm³/mol. The molecule has 0 aliphatic carbocycles. The highest BCUT2D eigenvalue weighted by Crippen LogP contribution is 2.43. The van der Waals surface area contributed by atoms with Crippen molar-refractivity contribution >= 4 is 17.6 Å². The van der Waals surface area contributed by atoms with E-state index in [-0.39, 0.29) is 23.2 Å². The van der Waals surface area contributed by atoms with Crippen molar-refractivity contribution in [2.45, 2.75) is 39.2 Å². The molecule has 2 aromatic rings. The monoisotopic (exact) mass is 409 g/mol. The number of urea groups is 1. The number of aryl methyl sites for hydroxylation is 1. The van der Waals surface area contributed by atoms with Crippen LogP contribution in [-0.4, -0.2) is 36.5 Å². The number of carbonyl (C=O) groups excluding carboxylic acids is 2. The fraction of sp³-hybridized carbons (Fsp3) is 0.417. The maximum absolute atomic E-state index is 13.2. The summed E-state index contributed by atoms with van der Waals surface area (Å²) in [5.41, 5.74) is 2.74.